The van der Waals surface area contributed by atoms with Crippen LogP contribution in [-0.2, 0) is 16.4 Å². The van der Waals surface area contributed by atoms with Crippen molar-refractivity contribution in [2.24, 2.45) is 0 Å². The Morgan fingerprint density at radius 1 is 1.03 bits per heavy atom. The van der Waals surface area contributed by atoms with Gasteiger partial charge in [-0.2, -0.15) is 0 Å². The lowest BCUT2D eigenvalue weighted by atomic mass is 10.0. The van der Waals surface area contributed by atoms with Crippen molar-refractivity contribution in [3.63, 3.8) is 0 Å². The number of fused-ring (bicyclic) bond motifs is 2. The smallest absolute Gasteiger partial charge is 0.273 e. The fourth-order valence-corrected chi connectivity index (χ4v) is 5.46. The summed E-state index contributed by atoms with van der Waals surface area (Å²) in [6.45, 7) is 0.373. The summed E-state index contributed by atoms with van der Waals surface area (Å²) >= 11 is 0. The van der Waals surface area contributed by atoms with E-state index in [0.29, 0.717) is 12.2 Å². The van der Waals surface area contributed by atoms with Crippen LogP contribution >= 0.6 is 0 Å². The number of sulfonamides is 1. The highest BCUT2D eigenvalue weighted by Gasteiger charge is 2.29. The second-order valence-corrected chi connectivity index (χ2v) is 9.02. The maximum absolute atomic E-state index is 13.5. The molecule has 0 saturated carbocycles. The molecule has 0 aliphatic carbocycles. The van der Waals surface area contributed by atoms with Gasteiger partial charge in [0.2, 0.25) is 0 Å². The van der Waals surface area contributed by atoms with Gasteiger partial charge in [0.1, 0.15) is 11.7 Å². The second-order valence-electron chi connectivity index (χ2n) is 7.16. The molecule has 0 atom stereocenters. The van der Waals surface area contributed by atoms with E-state index in [1.54, 1.807) is 18.2 Å². The van der Waals surface area contributed by atoms with Crippen molar-refractivity contribution in [3.05, 3.63) is 87.5 Å². The van der Waals surface area contributed by atoms with Gasteiger partial charge in [-0.1, -0.05) is 24.3 Å². The molecule has 1 N–H and O–H groups in total. The van der Waals surface area contributed by atoms with Crippen LogP contribution in [0, 0.1) is 0 Å². The molecule has 0 fully saturated rings. The van der Waals surface area contributed by atoms with E-state index in [4.69, 9.17) is 0 Å². The molecule has 0 amide bonds. The van der Waals surface area contributed by atoms with E-state index in [1.165, 1.54) is 33.5 Å². The molecule has 1 aliphatic rings. The van der Waals surface area contributed by atoms with Gasteiger partial charge in [-0.25, -0.2) is 27.7 Å². The summed E-state index contributed by atoms with van der Waals surface area (Å²) in [4.78, 5) is 34.8. The number of benzene rings is 2. The van der Waals surface area contributed by atoms with Gasteiger partial charge in [0, 0.05) is 12.7 Å². The van der Waals surface area contributed by atoms with E-state index in [-0.39, 0.29) is 21.6 Å². The summed E-state index contributed by atoms with van der Waals surface area (Å²) in [7, 11) is -3.87. The predicted octanol–water partition coefficient (Wildman–Crippen LogP) is 1.61. The molecule has 0 radical (unpaired) electrons. The minimum Gasteiger partial charge on any atom is -0.273 e. The predicted molar refractivity (Wildman–Crippen MR) is 115 cm³/mol. The number of aryl methyl sites for hydroxylation is 1. The molecule has 31 heavy (non-hydrogen) atoms. The molecule has 0 spiro atoms. The third-order valence-corrected chi connectivity index (χ3v) is 7.11. The first-order valence-electron chi connectivity index (χ1n) is 9.63. The number of nitrogens with zero attached hydrogens (tertiary/aromatic N) is 4. The van der Waals surface area contributed by atoms with Crippen LogP contribution in [0.15, 0.2) is 75.5 Å². The molecular formula is C21H17N5O4S. The highest BCUT2D eigenvalue weighted by Crippen LogP contribution is 2.32. The maximum atomic E-state index is 13.5. The number of aromatic nitrogens is 4. The number of hydrogen-bond acceptors (Lipinski definition) is 6. The standard InChI is InChI=1S/C21H17N5O4S/c27-20-17-12-22-13-23-19(17)26(21(28)24-20)15-7-3-8-16(11-15)31(29,30)25-10-4-6-14-5-1-2-9-18(14)25/h1-3,5,7-9,11-13H,4,6,10H2,(H,24,27,28). The fraction of sp³-hybridized carbons (Fsp3) is 0.143. The Kier molecular flexibility index (Phi) is 4.44. The van der Waals surface area contributed by atoms with E-state index in [1.807, 2.05) is 18.2 Å². The van der Waals surface area contributed by atoms with Crippen LogP contribution in [0.3, 0.4) is 0 Å². The molecule has 9 nitrogen and oxygen atoms in total. The van der Waals surface area contributed by atoms with Crippen LogP contribution in [0.25, 0.3) is 16.7 Å². The van der Waals surface area contributed by atoms with Crippen LogP contribution in [0.1, 0.15) is 12.0 Å². The van der Waals surface area contributed by atoms with E-state index < -0.39 is 21.3 Å². The number of para-hydroxylation sites is 1. The summed E-state index contributed by atoms with van der Waals surface area (Å²) in [5.74, 6) is 0. The van der Waals surface area contributed by atoms with Gasteiger partial charge in [0.05, 0.1) is 16.3 Å². The number of anilines is 1. The molecule has 3 heterocycles. The Hall–Kier alpha value is -3.79. The van der Waals surface area contributed by atoms with Crippen LogP contribution in [0.5, 0.6) is 0 Å². The molecule has 10 heteroatoms. The quantitative estimate of drug-likeness (QED) is 0.522. The summed E-state index contributed by atoms with van der Waals surface area (Å²) in [5.41, 5.74) is 0.698. The summed E-state index contributed by atoms with van der Waals surface area (Å²) < 4.78 is 29.6. The van der Waals surface area contributed by atoms with Gasteiger partial charge in [0.15, 0.2) is 5.65 Å². The minimum atomic E-state index is -3.87. The normalized spacial score (nSPS) is 13.9. The summed E-state index contributed by atoms with van der Waals surface area (Å²) in [5, 5.41) is 0.125. The lowest BCUT2D eigenvalue weighted by Crippen LogP contribution is -2.35. The Bertz CT molecular complexity index is 1540. The highest BCUT2D eigenvalue weighted by molar-refractivity contribution is 7.92. The molecule has 1 aliphatic heterocycles. The van der Waals surface area contributed by atoms with Crippen LogP contribution < -0.4 is 15.6 Å². The second kappa shape index (κ2) is 7.17. The lowest BCUT2D eigenvalue weighted by Gasteiger charge is -2.30. The van der Waals surface area contributed by atoms with Gasteiger partial charge in [0.25, 0.3) is 15.6 Å². The van der Waals surface area contributed by atoms with Crippen molar-refractivity contribution in [2.45, 2.75) is 17.7 Å². The summed E-state index contributed by atoms with van der Waals surface area (Å²) in [6.07, 6.45) is 4.07. The monoisotopic (exact) mass is 435 g/mol. The number of rotatable bonds is 3. The number of aromatic amines is 1. The third kappa shape index (κ3) is 3.12. The van der Waals surface area contributed by atoms with Crippen molar-refractivity contribution in [3.8, 4) is 5.69 Å². The molecular weight excluding hydrogens is 418 g/mol. The van der Waals surface area contributed by atoms with Gasteiger partial charge in [-0.3, -0.25) is 14.1 Å². The molecule has 156 valence electrons. The molecule has 5 rings (SSSR count). The van der Waals surface area contributed by atoms with E-state index >= 15 is 0 Å². The number of H-pyrrole nitrogens is 1. The van der Waals surface area contributed by atoms with Crippen molar-refractivity contribution in [2.75, 3.05) is 10.8 Å². The average molecular weight is 435 g/mol. The Labute approximate surface area is 176 Å². The molecule has 0 unspecified atom stereocenters. The molecule has 0 bridgehead atoms. The van der Waals surface area contributed by atoms with Crippen molar-refractivity contribution >= 4 is 26.7 Å². The zero-order valence-electron chi connectivity index (χ0n) is 16.2. The van der Waals surface area contributed by atoms with E-state index in [9.17, 15) is 18.0 Å². The van der Waals surface area contributed by atoms with Crippen molar-refractivity contribution in [1.29, 1.82) is 0 Å². The SMILES string of the molecule is O=c1[nH]c(=O)n(-c2cccc(S(=O)(=O)N3CCCc4ccccc43)c2)c2ncncc12. The number of hydrogen-bond donors (Lipinski definition) is 1. The fourth-order valence-electron chi connectivity index (χ4n) is 3.88. The topological polar surface area (TPSA) is 118 Å². The van der Waals surface area contributed by atoms with E-state index in [0.717, 1.165) is 18.4 Å². The van der Waals surface area contributed by atoms with E-state index in [2.05, 4.69) is 15.0 Å². The first-order chi connectivity index (χ1) is 15.0. The Morgan fingerprint density at radius 3 is 2.74 bits per heavy atom. The summed E-state index contributed by atoms with van der Waals surface area (Å²) in [6, 6.07) is 13.5. The first-order valence-corrected chi connectivity index (χ1v) is 11.1. The lowest BCUT2D eigenvalue weighted by molar-refractivity contribution is 0.586. The molecule has 2 aromatic carbocycles. The third-order valence-electron chi connectivity index (χ3n) is 5.30. The largest absolute Gasteiger partial charge is 0.334 e. The van der Waals surface area contributed by atoms with Crippen LogP contribution in [0.2, 0.25) is 0 Å². The molecule has 0 saturated heterocycles. The van der Waals surface area contributed by atoms with Gasteiger partial charge in [-0.05, 0) is 42.7 Å². The minimum absolute atomic E-state index is 0.0435. The maximum Gasteiger partial charge on any atom is 0.334 e. The average Bonchev–Trinajstić information content (AvgIpc) is 2.79. The van der Waals surface area contributed by atoms with Gasteiger partial charge in [-0.15, -0.1) is 0 Å². The van der Waals surface area contributed by atoms with Crippen LogP contribution in [0.4, 0.5) is 5.69 Å². The Morgan fingerprint density at radius 2 is 1.87 bits per heavy atom. The van der Waals surface area contributed by atoms with Gasteiger partial charge >= 0.3 is 5.69 Å². The highest BCUT2D eigenvalue weighted by atomic mass is 32.2. The zero-order valence-corrected chi connectivity index (χ0v) is 17.0. The molecule has 4 aromatic rings. The van der Waals surface area contributed by atoms with Crippen molar-refractivity contribution in [1.82, 2.24) is 19.5 Å². The molecule has 2 aromatic heterocycles. The van der Waals surface area contributed by atoms with Crippen LogP contribution in [-0.4, -0.2) is 34.5 Å². The number of nitrogens with one attached hydrogen (secondary N) is 1. The van der Waals surface area contributed by atoms with Gasteiger partial charge < -0.3 is 0 Å². The first kappa shape index (κ1) is 19.2. The Balaban J connectivity index is 1.68. The zero-order chi connectivity index (χ0) is 21.6. The van der Waals surface area contributed by atoms with Crippen molar-refractivity contribution < 1.29 is 8.42 Å².